The summed E-state index contributed by atoms with van der Waals surface area (Å²) >= 11 is 6.17. The van der Waals surface area contributed by atoms with E-state index in [1.54, 1.807) is 36.4 Å². The number of carbonyl (C=O) groups is 1. The van der Waals surface area contributed by atoms with Crippen molar-refractivity contribution in [3.8, 4) is 23.0 Å². The van der Waals surface area contributed by atoms with Gasteiger partial charge in [0.15, 0.2) is 23.0 Å². The van der Waals surface area contributed by atoms with E-state index in [1.165, 1.54) is 20.3 Å². The number of ether oxygens (including phenoxy) is 4. The van der Waals surface area contributed by atoms with Crippen molar-refractivity contribution < 1.29 is 23.7 Å². The first-order valence-corrected chi connectivity index (χ1v) is 8.78. The predicted molar refractivity (Wildman–Crippen MR) is 104 cm³/mol. The summed E-state index contributed by atoms with van der Waals surface area (Å²) in [5, 5.41) is 3.20. The summed E-state index contributed by atoms with van der Waals surface area (Å²) in [5.74, 6) is 1.97. The molecule has 2 aromatic carbocycles. The third kappa shape index (κ3) is 4.65. The van der Waals surface area contributed by atoms with Gasteiger partial charge in [-0.2, -0.15) is 0 Å². The van der Waals surface area contributed by atoms with E-state index in [0.717, 1.165) is 6.42 Å². The quantitative estimate of drug-likeness (QED) is 0.777. The molecule has 142 valence electrons. The fourth-order valence-electron chi connectivity index (χ4n) is 2.63. The van der Waals surface area contributed by atoms with E-state index in [2.05, 4.69) is 5.32 Å². The molecule has 0 spiro atoms. The Kier molecular flexibility index (Phi) is 6.08. The number of rotatable bonds is 5. The van der Waals surface area contributed by atoms with E-state index in [-0.39, 0.29) is 5.91 Å². The summed E-state index contributed by atoms with van der Waals surface area (Å²) < 4.78 is 21.7. The number of carbonyl (C=O) groups excluding carboxylic acids is 1. The number of amides is 1. The highest BCUT2D eigenvalue weighted by molar-refractivity contribution is 6.32. The average Bonchev–Trinajstić information content (AvgIpc) is 2.90. The summed E-state index contributed by atoms with van der Waals surface area (Å²) in [6, 6.07) is 8.74. The molecule has 0 aliphatic carbocycles. The molecule has 7 heteroatoms. The van der Waals surface area contributed by atoms with Gasteiger partial charge >= 0.3 is 0 Å². The molecule has 0 aromatic heterocycles. The third-order valence-corrected chi connectivity index (χ3v) is 4.18. The van der Waals surface area contributed by atoms with Gasteiger partial charge in [0, 0.05) is 24.3 Å². The molecule has 0 radical (unpaired) electrons. The van der Waals surface area contributed by atoms with Crippen molar-refractivity contribution >= 4 is 29.3 Å². The summed E-state index contributed by atoms with van der Waals surface area (Å²) in [5.41, 5.74) is 1.34. The zero-order valence-electron chi connectivity index (χ0n) is 15.1. The molecule has 2 aromatic rings. The van der Waals surface area contributed by atoms with Crippen LogP contribution in [0.3, 0.4) is 0 Å². The van der Waals surface area contributed by atoms with E-state index in [1.807, 2.05) is 0 Å². The molecule has 0 atom stereocenters. The van der Waals surface area contributed by atoms with E-state index < -0.39 is 0 Å². The summed E-state index contributed by atoms with van der Waals surface area (Å²) in [6.45, 7) is 1.21. The minimum Gasteiger partial charge on any atom is -0.493 e. The maximum atomic E-state index is 12.2. The van der Waals surface area contributed by atoms with Crippen LogP contribution >= 0.6 is 11.6 Å². The molecule has 3 rings (SSSR count). The van der Waals surface area contributed by atoms with Gasteiger partial charge in [-0.3, -0.25) is 4.79 Å². The van der Waals surface area contributed by atoms with Gasteiger partial charge in [-0.05, 0) is 35.9 Å². The minimum absolute atomic E-state index is 0.282. The van der Waals surface area contributed by atoms with Crippen molar-refractivity contribution in [3.05, 3.63) is 47.0 Å². The molecular formula is C20H20ClNO5. The third-order valence-electron chi connectivity index (χ3n) is 3.90. The van der Waals surface area contributed by atoms with Crippen LogP contribution in [-0.2, 0) is 4.79 Å². The van der Waals surface area contributed by atoms with Crippen molar-refractivity contribution in [2.24, 2.45) is 0 Å². The molecule has 27 heavy (non-hydrogen) atoms. The average molecular weight is 390 g/mol. The van der Waals surface area contributed by atoms with Crippen molar-refractivity contribution in [1.29, 1.82) is 0 Å². The number of hydrogen-bond acceptors (Lipinski definition) is 5. The number of methoxy groups -OCH3 is 2. The molecule has 0 bridgehead atoms. The van der Waals surface area contributed by atoms with Gasteiger partial charge in [0.05, 0.1) is 32.5 Å². The maximum absolute atomic E-state index is 12.2. The molecule has 0 saturated carbocycles. The predicted octanol–water partition coefficient (Wildman–Crippen LogP) is 4.17. The van der Waals surface area contributed by atoms with Crippen LogP contribution in [0.5, 0.6) is 23.0 Å². The largest absolute Gasteiger partial charge is 0.493 e. The molecule has 1 aliphatic rings. The van der Waals surface area contributed by atoms with Crippen molar-refractivity contribution in [2.45, 2.75) is 6.42 Å². The zero-order chi connectivity index (χ0) is 19.2. The first-order chi connectivity index (χ1) is 13.1. The lowest BCUT2D eigenvalue weighted by atomic mass is 10.2. The Labute approximate surface area is 162 Å². The number of anilines is 1. The second-order valence-corrected chi connectivity index (χ2v) is 6.18. The Morgan fingerprint density at radius 3 is 2.63 bits per heavy atom. The first-order valence-electron chi connectivity index (χ1n) is 8.41. The molecular weight excluding hydrogens is 370 g/mol. The van der Waals surface area contributed by atoms with E-state index in [0.29, 0.717) is 52.5 Å². The zero-order valence-corrected chi connectivity index (χ0v) is 15.8. The molecule has 0 unspecified atom stereocenters. The van der Waals surface area contributed by atoms with Crippen LogP contribution in [-0.4, -0.2) is 33.3 Å². The lowest BCUT2D eigenvalue weighted by molar-refractivity contribution is -0.111. The summed E-state index contributed by atoms with van der Waals surface area (Å²) in [7, 11) is 3.04. The van der Waals surface area contributed by atoms with Crippen molar-refractivity contribution in [2.75, 3.05) is 32.8 Å². The number of benzene rings is 2. The number of nitrogens with one attached hydrogen (secondary N) is 1. The van der Waals surface area contributed by atoms with Crippen LogP contribution in [0.15, 0.2) is 36.4 Å². The summed E-state index contributed by atoms with van der Waals surface area (Å²) in [6.07, 6.45) is 3.89. The van der Waals surface area contributed by atoms with Gasteiger partial charge in [-0.15, -0.1) is 0 Å². The summed E-state index contributed by atoms with van der Waals surface area (Å²) in [4.78, 5) is 12.2. The van der Waals surface area contributed by atoms with Gasteiger partial charge in [0.2, 0.25) is 5.91 Å². The number of halogens is 1. The smallest absolute Gasteiger partial charge is 0.248 e. The second-order valence-electron chi connectivity index (χ2n) is 5.77. The Bertz CT molecular complexity index is 866. The highest BCUT2D eigenvalue weighted by Crippen LogP contribution is 2.36. The van der Waals surface area contributed by atoms with E-state index >= 15 is 0 Å². The van der Waals surface area contributed by atoms with Crippen LogP contribution in [0.2, 0.25) is 5.02 Å². The highest BCUT2D eigenvalue weighted by atomic mass is 35.5. The van der Waals surface area contributed by atoms with E-state index in [9.17, 15) is 4.79 Å². The monoisotopic (exact) mass is 389 g/mol. The van der Waals surface area contributed by atoms with Gasteiger partial charge in [0.1, 0.15) is 0 Å². The van der Waals surface area contributed by atoms with Crippen molar-refractivity contribution in [3.63, 3.8) is 0 Å². The lowest BCUT2D eigenvalue weighted by Crippen LogP contribution is -2.08. The molecule has 1 N–H and O–H groups in total. The van der Waals surface area contributed by atoms with Crippen molar-refractivity contribution in [1.82, 2.24) is 0 Å². The first kappa shape index (κ1) is 18.9. The van der Waals surface area contributed by atoms with Crippen LogP contribution < -0.4 is 24.3 Å². The van der Waals surface area contributed by atoms with Gasteiger partial charge < -0.3 is 24.3 Å². The molecule has 1 amide bonds. The molecule has 1 heterocycles. The Morgan fingerprint density at radius 2 is 1.89 bits per heavy atom. The number of hydrogen-bond donors (Lipinski definition) is 1. The van der Waals surface area contributed by atoms with Gasteiger partial charge in [-0.1, -0.05) is 11.6 Å². The molecule has 0 fully saturated rings. The highest BCUT2D eigenvalue weighted by Gasteiger charge is 2.12. The van der Waals surface area contributed by atoms with E-state index in [4.69, 9.17) is 30.5 Å². The Hall–Kier alpha value is -2.86. The topological polar surface area (TPSA) is 66.0 Å². The minimum atomic E-state index is -0.282. The maximum Gasteiger partial charge on any atom is 0.248 e. The fraction of sp³-hybridized carbons (Fsp3) is 0.250. The normalized spacial score (nSPS) is 13.1. The van der Waals surface area contributed by atoms with Crippen LogP contribution in [0, 0.1) is 0 Å². The van der Waals surface area contributed by atoms with Crippen LogP contribution in [0.4, 0.5) is 5.69 Å². The Balaban J connectivity index is 1.71. The lowest BCUT2D eigenvalue weighted by Gasteiger charge is -2.10. The molecule has 1 aliphatic heterocycles. The SMILES string of the molecule is COc1cc(C=CC(=O)Nc2ccc3c(c2)OCCCO3)cc(Cl)c1OC. The van der Waals surface area contributed by atoms with Crippen LogP contribution in [0.25, 0.3) is 6.08 Å². The standard InChI is InChI=1S/C20H20ClNO5/c1-24-18-11-13(10-15(21)20(18)25-2)4-7-19(23)22-14-5-6-16-17(12-14)27-9-3-8-26-16/h4-7,10-12H,3,8-9H2,1-2H3,(H,22,23). The fourth-order valence-corrected chi connectivity index (χ4v) is 2.93. The van der Waals surface area contributed by atoms with Gasteiger partial charge in [-0.25, -0.2) is 0 Å². The van der Waals surface area contributed by atoms with Crippen LogP contribution in [0.1, 0.15) is 12.0 Å². The molecule has 6 nitrogen and oxygen atoms in total. The Morgan fingerprint density at radius 1 is 1.11 bits per heavy atom. The number of fused-ring (bicyclic) bond motifs is 1. The second kappa shape index (κ2) is 8.68. The van der Waals surface area contributed by atoms with Gasteiger partial charge in [0.25, 0.3) is 0 Å². The molecule has 0 saturated heterocycles.